The Morgan fingerprint density at radius 1 is 1.03 bits per heavy atom. The number of hydrazone groups is 2. The Morgan fingerprint density at radius 2 is 1.83 bits per heavy atom. The second-order valence-electron chi connectivity index (χ2n) is 9.12. The lowest BCUT2D eigenvalue weighted by molar-refractivity contribution is -0.112. The number of hydrogen-bond acceptors (Lipinski definition) is 7. The molecular formula is C28H26N6O2. The zero-order chi connectivity index (χ0) is 24.6. The van der Waals surface area contributed by atoms with Crippen LogP contribution < -0.4 is 15.8 Å². The summed E-state index contributed by atoms with van der Waals surface area (Å²) in [6, 6.07) is 19.3. The molecule has 0 spiro atoms. The van der Waals surface area contributed by atoms with E-state index in [1.807, 2.05) is 48.5 Å². The van der Waals surface area contributed by atoms with E-state index in [0.29, 0.717) is 17.0 Å². The van der Waals surface area contributed by atoms with E-state index in [9.17, 15) is 9.90 Å². The molecule has 0 saturated heterocycles. The summed E-state index contributed by atoms with van der Waals surface area (Å²) in [5, 5.41) is 24.4. The van der Waals surface area contributed by atoms with Crippen molar-refractivity contribution in [2.45, 2.75) is 26.2 Å². The minimum Gasteiger partial charge on any atom is -0.505 e. The van der Waals surface area contributed by atoms with Gasteiger partial charge in [-0.05, 0) is 61.1 Å². The van der Waals surface area contributed by atoms with Gasteiger partial charge in [0.1, 0.15) is 11.6 Å². The highest BCUT2D eigenvalue weighted by Crippen LogP contribution is 2.36. The van der Waals surface area contributed by atoms with Gasteiger partial charge in [-0.15, -0.1) is 0 Å². The lowest BCUT2D eigenvalue weighted by atomic mass is 10.0. The van der Waals surface area contributed by atoms with Gasteiger partial charge in [0, 0.05) is 17.7 Å². The highest BCUT2D eigenvalue weighted by Gasteiger charge is 2.31. The highest BCUT2D eigenvalue weighted by atomic mass is 16.3. The molecule has 0 radical (unpaired) electrons. The molecule has 0 saturated carbocycles. The van der Waals surface area contributed by atoms with Crippen molar-refractivity contribution >= 4 is 34.5 Å². The topological polar surface area (TPSA) is 102 Å². The number of amidine groups is 1. The van der Waals surface area contributed by atoms with Crippen molar-refractivity contribution in [1.82, 2.24) is 5.32 Å². The molecular weight excluding hydrogens is 452 g/mol. The van der Waals surface area contributed by atoms with E-state index >= 15 is 0 Å². The van der Waals surface area contributed by atoms with Crippen molar-refractivity contribution in [2.75, 3.05) is 23.5 Å². The molecule has 8 nitrogen and oxygen atoms in total. The number of aliphatic imine (C=N–C) groups is 1. The first-order valence-corrected chi connectivity index (χ1v) is 12.1. The largest absolute Gasteiger partial charge is 0.505 e. The molecule has 36 heavy (non-hydrogen) atoms. The number of fused-ring (bicyclic) bond motifs is 1. The number of benzene rings is 3. The fourth-order valence-electron chi connectivity index (χ4n) is 4.87. The summed E-state index contributed by atoms with van der Waals surface area (Å²) >= 11 is 0. The quantitative estimate of drug-likeness (QED) is 0.380. The van der Waals surface area contributed by atoms with Crippen molar-refractivity contribution in [3.8, 4) is 16.9 Å². The third-order valence-electron chi connectivity index (χ3n) is 6.78. The van der Waals surface area contributed by atoms with Crippen LogP contribution >= 0.6 is 0 Å². The van der Waals surface area contributed by atoms with Crippen LogP contribution in [0.1, 0.15) is 30.0 Å². The van der Waals surface area contributed by atoms with Crippen LogP contribution in [0, 0.1) is 0 Å². The molecule has 180 valence electrons. The van der Waals surface area contributed by atoms with Crippen molar-refractivity contribution in [3.63, 3.8) is 0 Å². The number of para-hydroxylation sites is 1. The van der Waals surface area contributed by atoms with Gasteiger partial charge in [0.05, 0.1) is 23.6 Å². The number of anilines is 2. The average Bonchev–Trinajstić information content (AvgIpc) is 3.65. The van der Waals surface area contributed by atoms with Crippen molar-refractivity contribution < 1.29 is 9.90 Å². The van der Waals surface area contributed by atoms with Gasteiger partial charge in [-0.25, -0.2) is 0 Å². The minimum atomic E-state index is -0.299. The van der Waals surface area contributed by atoms with Crippen molar-refractivity contribution in [2.24, 2.45) is 15.2 Å². The lowest BCUT2D eigenvalue weighted by Gasteiger charge is -2.13. The van der Waals surface area contributed by atoms with Crippen molar-refractivity contribution in [3.05, 3.63) is 77.4 Å². The smallest absolute Gasteiger partial charge is 0.301 e. The van der Waals surface area contributed by atoms with Gasteiger partial charge in [0.2, 0.25) is 0 Å². The summed E-state index contributed by atoms with van der Waals surface area (Å²) in [4.78, 5) is 17.6. The van der Waals surface area contributed by atoms with E-state index in [1.54, 1.807) is 13.0 Å². The van der Waals surface area contributed by atoms with Gasteiger partial charge in [0.15, 0.2) is 5.71 Å². The predicted molar refractivity (Wildman–Crippen MR) is 143 cm³/mol. The Bertz CT molecular complexity index is 1460. The summed E-state index contributed by atoms with van der Waals surface area (Å²) in [6.45, 7) is 3.39. The molecule has 0 unspecified atom stereocenters. The first-order chi connectivity index (χ1) is 17.6. The summed E-state index contributed by atoms with van der Waals surface area (Å²) in [5.41, 5.74) is 9.92. The van der Waals surface area contributed by atoms with Gasteiger partial charge < -0.3 is 10.4 Å². The Kier molecular flexibility index (Phi) is 5.48. The number of phenolic OH excluding ortho intramolecular Hbond substituents is 1. The Balaban J connectivity index is 1.22. The van der Waals surface area contributed by atoms with Crippen LogP contribution in [0.15, 0.2) is 75.9 Å². The van der Waals surface area contributed by atoms with Gasteiger partial charge in [-0.1, -0.05) is 42.5 Å². The summed E-state index contributed by atoms with van der Waals surface area (Å²) in [5.74, 6) is 0.651. The Labute approximate surface area is 209 Å². The Hall–Kier alpha value is -4.46. The number of aryl methyl sites for hydroxylation is 2. The number of aromatic hydroxyl groups is 1. The van der Waals surface area contributed by atoms with Crippen LogP contribution in [0.4, 0.5) is 11.4 Å². The predicted octanol–water partition coefficient (Wildman–Crippen LogP) is 4.09. The minimum absolute atomic E-state index is 0.0569. The number of carbonyl (C=O) groups excluding carboxylic acids is 1. The second-order valence-corrected chi connectivity index (χ2v) is 9.12. The second kappa shape index (κ2) is 8.96. The monoisotopic (exact) mass is 478 g/mol. The summed E-state index contributed by atoms with van der Waals surface area (Å²) < 4.78 is 0. The zero-order valence-electron chi connectivity index (χ0n) is 20.0. The molecule has 1 aliphatic carbocycles. The number of rotatable bonds is 5. The van der Waals surface area contributed by atoms with E-state index in [4.69, 9.17) is 0 Å². The number of phenols is 1. The molecule has 3 N–H and O–H groups in total. The first kappa shape index (κ1) is 22.0. The van der Waals surface area contributed by atoms with Crippen LogP contribution in [0.5, 0.6) is 5.75 Å². The number of amides is 1. The highest BCUT2D eigenvalue weighted by molar-refractivity contribution is 6.71. The molecule has 1 amide bonds. The molecule has 6 rings (SSSR count). The van der Waals surface area contributed by atoms with Crippen LogP contribution in [-0.4, -0.2) is 41.4 Å². The molecule has 0 bridgehead atoms. The molecule has 2 heterocycles. The Morgan fingerprint density at radius 3 is 2.64 bits per heavy atom. The summed E-state index contributed by atoms with van der Waals surface area (Å²) in [7, 11) is 0. The van der Waals surface area contributed by atoms with Crippen molar-refractivity contribution in [1.29, 1.82) is 0 Å². The maximum atomic E-state index is 13.1. The fourth-order valence-corrected chi connectivity index (χ4v) is 4.87. The van der Waals surface area contributed by atoms with E-state index in [2.05, 4.69) is 32.0 Å². The van der Waals surface area contributed by atoms with E-state index < -0.39 is 0 Å². The van der Waals surface area contributed by atoms with Crippen LogP contribution in [0.3, 0.4) is 0 Å². The fraction of sp³-hybridized carbons (Fsp3) is 0.214. The van der Waals surface area contributed by atoms with Gasteiger partial charge in [-0.2, -0.15) is 15.2 Å². The van der Waals surface area contributed by atoms with Crippen LogP contribution in [0.25, 0.3) is 11.1 Å². The SMILES string of the molecule is CC1=NN(c2ccc3c(c2)CCC3)C(=O)/C1=N/Nc1cccc(-c2ccc(C3=NCCN3)cc2)c1O. The van der Waals surface area contributed by atoms with Gasteiger partial charge >= 0.3 is 5.91 Å². The average molecular weight is 479 g/mol. The normalized spacial score (nSPS) is 17.8. The molecule has 0 fully saturated rings. The lowest BCUT2D eigenvalue weighted by Crippen LogP contribution is -2.28. The van der Waals surface area contributed by atoms with Crippen LogP contribution in [0.2, 0.25) is 0 Å². The standard InChI is InChI=1S/C28H26N6O2/c1-17-25(28(36)34(33-17)22-13-12-18-4-2-5-21(18)16-22)32-31-24-7-3-6-23(26(24)35)19-8-10-20(11-9-19)27-29-14-15-30-27/h3,6-13,16,31,35H,2,4-5,14-15H2,1H3,(H,29,30)/b32-25+. The zero-order valence-corrected chi connectivity index (χ0v) is 20.0. The molecule has 2 aliphatic heterocycles. The molecule has 0 atom stereocenters. The first-order valence-electron chi connectivity index (χ1n) is 12.1. The van der Waals surface area contributed by atoms with E-state index in [0.717, 1.165) is 55.0 Å². The third kappa shape index (κ3) is 3.90. The van der Waals surface area contributed by atoms with E-state index in [1.165, 1.54) is 16.1 Å². The number of carbonyl (C=O) groups is 1. The number of hydrogen-bond donors (Lipinski definition) is 3. The van der Waals surface area contributed by atoms with Gasteiger partial charge in [-0.3, -0.25) is 15.2 Å². The maximum Gasteiger partial charge on any atom is 0.301 e. The van der Waals surface area contributed by atoms with Gasteiger partial charge in [0.25, 0.3) is 0 Å². The number of nitrogens with one attached hydrogen (secondary N) is 2. The van der Waals surface area contributed by atoms with Crippen LogP contribution in [-0.2, 0) is 17.6 Å². The maximum absolute atomic E-state index is 13.1. The summed E-state index contributed by atoms with van der Waals surface area (Å²) in [6.07, 6.45) is 3.26. The van der Waals surface area contributed by atoms with E-state index in [-0.39, 0.29) is 17.4 Å². The number of nitrogens with zero attached hydrogens (tertiary/aromatic N) is 4. The third-order valence-corrected chi connectivity index (χ3v) is 6.78. The molecule has 3 aromatic rings. The molecule has 3 aromatic carbocycles. The molecule has 0 aromatic heterocycles. The molecule has 3 aliphatic rings. The molecule has 8 heteroatoms.